The summed E-state index contributed by atoms with van der Waals surface area (Å²) in [6.45, 7) is 5.96. The summed E-state index contributed by atoms with van der Waals surface area (Å²) in [5.74, 6) is 1.01. The first kappa shape index (κ1) is 14.2. The molecule has 1 atom stereocenters. The molecule has 3 rings (SSSR count). The Kier molecular flexibility index (Phi) is 4.26. The Morgan fingerprint density at radius 1 is 1.33 bits per heavy atom. The van der Waals surface area contributed by atoms with E-state index in [2.05, 4.69) is 51.7 Å². The van der Waals surface area contributed by atoms with Crippen molar-refractivity contribution in [3.05, 3.63) is 41.4 Å². The van der Waals surface area contributed by atoms with Gasteiger partial charge in [-0.1, -0.05) is 6.92 Å². The lowest BCUT2D eigenvalue weighted by molar-refractivity contribution is 0.509. The van der Waals surface area contributed by atoms with Crippen molar-refractivity contribution in [1.82, 2.24) is 25.1 Å². The van der Waals surface area contributed by atoms with Gasteiger partial charge < -0.3 is 5.32 Å². The molecule has 110 valence electrons. The zero-order chi connectivity index (χ0) is 14.7. The van der Waals surface area contributed by atoms with Crippen LogP contribution in [0.15, 0.2) is 30.0 Å². The molecule has 0 radical (unpaired) electrons. The molecule has 5 nitrogen and oxygen atoms in total. The molecule has 0 saturated heterocycles. The molecule has 1 N–H and O–H groups in total. The average Bonchev–Trinajstić information content (AvgIpc) is 3.14. The molecule has 0 spiro atoms. The highest BCUT2D eigenvalue weighted by Gasteiger charge is 2.16. The fourth-order valence-corrected chi connectivity index (χ4v) is 3.29. The quantitative estimate of drug-likeness (QED) is 0.760. The van der Waals surface area contributed by atoms with E-state index >= 15 is 0 Å². The molecule has 3 heterocycles. The Morgan fingerprint density at radius 3 is 3.05 bits per heavy atom. The summed E-state index contributed by atoms with van der Waals surface area (Å²) >= 11 is 1.73. The molecule has 0 aliphatic carbocycles. The van der Waals surface area contributed by atoms with Crippen LogP contribution in [0.4, 0.5) is 0 Å². The van der Waals surface area contributed by atoms with Gasteiger partial charge in [-0.05, 0) is 36.5 Å². The second-order valence-corrected chi connectivity index (χ2v) is 5.83. The number of thiophene rings is 1. The SMILES string of the molecule is CCNC(Cc1ncnn1CC)c1cnc2ccsc2c1. The first-order chi connectivity index (χ1) is 10.3. The van der Waals surface area contributed by atoms with Crippen LogP contribution in [-0.2, 0) is 13.0 Å². The van der Waals surface area contributed by atoms with Gasteiger partial charge in [0.15, 0.2) is 0 Å². The van der Waals surface area contributed by atoms with E-state index < -0.39 is 0 Å². The third-order valence-corrected chi connectivity index (χ3v) is 4.41. The van der Waals surface area contributed by atoms with E-state index in [9.17, 15) is 0 Å². The van der Waals surface area contributed by atoms with Crippen molar-refractivity contribution in [1.29, 1.82) is 0 Å². The van der Waals surface area contributed by atoms with Gasteiger partial charge >= 0.3 is 0 Å². The summed E-state index contributed by atoms with van der Waals surface area (Å²) in [4.78, 5) is 8.92. The average molecular weight is 301 g/mol. The Hall–Kier alpha value is -1.79. The minimum atomic E-state index is 0.212. The molecule has 0 aliphatic heterocycles. The van der Waals surface area contributed by atoms with Gasteiger partial charge in [-0.15, -0.1) is 11.3 Å². The number of hydrogen-bond donors (Lipinski definition) is 1. The minimum absolute atomic E-state index is 0.212. The Balaban J connectivity index is 1.89. The molecule has 21 heavy (non-hydrogen) atoms. The molecular weight excluding hydrogens is 282 g/mol. The van der Waals surface area contributed by atoms with Crippen LogP contribution in [0.2, 0.25) is 0 Å². The van der Waals surface area contributed by atoms with Crippen molar-refractivity contribution in [2.24, 2.45) is 0 Å². The summed E-state index contributed by atoms with van der Waals surface area (Å²) in [7, 11) is 0. The van der Waals surface area contributed by atoms with Crippen molar-refractivity contribution >= 4 is 21.6 Å². The topological polar surface area (TPSA) is 55.6 Å². The summed E-state index contributed by atoms with van der Waals surface area (Å²) in [6, 6.07) is 4.50. The van der Waals surface area contributed by atoms with Crippen molar-refractivity contribution in [2.75, 3.05) is 6.54 Å². The van der Waals surface area contributed by atoms with Gasteiger partial charge in [-0.2, -0.15) is 5.10 Å². The summed E-state index contributed by atoms with van der Waals surface area (Å²) in [6.07, 6.45) is 4.41. The standard InChI is InChI=1S/C15H19N5S/c1-3-16-13(8-15-18-10-19-20(15)4-2)11-7-14-12(17-9-11)5-6-21-14/h5-7,9-10,13,16H,3-4,8H2,1-2H3. The molecule has 3 aromatic heterocycles. The normalized spacial score (nSPS) is 12.9. The Bertz CT molecular complexity index is 718. The van der Waals surface area contributed by atoms with E-state index in [4.69, 9.17) is 0 Å². The number of fused-ring (bicyclic) bond motifs is 1. The minimum Gasteiger partial charge on any atom is -0.310 e. The predicted molar refractivity (Wildman–Crippen MR) is 85.4 cm³/mol. The molecule has 0 amide bonds. The number of likely N-dealkylation sites (N-methyl/N-ethyl adjacent to an activating group) is 1. The van der Waals surface area contributed by atoms with Gasteiger partial charge in [0.1, 0.15) is 12.2 Å². The second-order valence-electron chi connectivity index (χ2n) is 4.88. The van der Waals surface area contributed by atoms with Crippen LogP contribution in [0.5, 0.6) is 0 Å². The van der Waals surface area contributed by atoms with Gasteiger partial charge in [0.2, 0.25) is 0 Å². The first-order valence-corrected chi connectivity index (χ1v) is 8.13. The van der Waals surface area contributed by atoms with Crippen LogP contribution in [-0.4, -0.2) is 26.3 Å². The molecule has 0 fully saturated rings. The van der Waals surface area contributed by atoms with Gasteiger partial charge in [0, 0.05) is 25.2 Å². The lowest BCUT2D eigenvalue weighted by Crippen LogP contribution is -2.24. The number of pyridine rings is 1. The smallest absolute Gasteiger partial charge is 0.138 e. The van der Waals surface area contributed by atoms with Crippen LogP contribution in [0.25, 0.3) is 10.2 Å². The zero-order valence-electron chi connectivity index (χ0n) is 12.3. The summed E-state index contributed by atoms with van der Waals surface area (Å²) < 4.78 is 3.17. The highest BCUT2D eigenvalue weighted by Crippen LogP contribution is 2.24. The fraction of sp³-hybridized carbons (Fsp3) is 0.400. The van der Waals surface area contributed by atoms with Crippen LogP contribution < -0.4 is 5.32 Å². The number of nitrogens with one attached hydrogen (secondary N) is 1. The van der Waals surface area contributed by atoms with E-state index in [1.54, 1.807) is 17.7 Å². The van der Waals surface area contributed by atoms with Gasteiger partial charge in [-0.3, -0.25) is 9.67 Å². The van der Waals surface area contributed by atoms with Crippen LogP contribution in [0, 0.1) is 0 Å². The van der Waals surface area contributed by atoms with Crippen LogP contribution >= 0.6 is 11.3 Å². The second kappa shape index (κ2) is 6.32. The number of aryl methyl sites for hydroxylation is 1. The summed E-state index contributed by atoms with van der Waals surface area (Å²) in [5, 5.41) is 9.86. The number of rotatable bonds is 6. The molecular formula is C15H19N5S. The first-order valence-electron chi connectivity index (χ1n) is 7.25. The van der Waals surface area contributed by atoms with E-state index in [1.165, 1.54) is 10.3 Å². The van der Waals surface area contributed by atoms with E-state index in [0.29, 0.717) is 0 Å². The van der Waals surface area contributed by atoms with Crippen molar-refractivity contribution in [3.8, 4) is 0 Å². The molecule has 0 aromatic carbocycles. The van der Waals surface area contributed by atoms with Crippen molar-refractivity contribution < 1.29 is 0 Å². The van der Waals surface area contributed by atoms with E-state index in [1.807, 2.05) is 10.9 Å². The van der Waals surface area contributed by atoms with E-state index in [0.717, 1.165) is 30.9 Å². The van der Waals surface area contributed by atoms with Crippen molar-refractivity contribution in [3.63, 3.8) is 0 Å². The van der Waals surface area contributed by atoms with Gasteiger partial charge in [-0.25, -0.2) is 4.98 Å². The number of hydrogen-bond acceptors (Lipinski definition) is 5. The van der Waals surface area contributed by atoms with Crippen LogP contribution in [0.3, 0.4) is 0 Å². The Labute approximate surface area is 128 Å². The molecule has 0 saturated carbocycles. The molecule has 0 aliphatic rings. The zero-order valence-corrected chi connectivity index (χ0v) is 13.1. The molecule has 6 heteroatoms. The fourth-order valence-electron chi connectivity index (χ4n) is 2.50. The molecule has 1 unspecified atom stereocenters. The van der Waals surface area contributed by atoms with Gasteiger partial charge in [0.25, 0.3) is 0 Å². The third-order valence-electron chi connectivity index (χ3n) is 3.56. The maximum absolute atomic E-state index is 4.54. The lowest BCUT2D eigenvalue weighted by Gasteiger charge is -2.18. The maximum atomic E-state index is 4.54. The third kappa shape index (κ3) is 2.96. The maximum Gasteiger partial charge on any atom is 0.138 e. The Morgan fingerprint density at radius 2 is 2.24 bits per heavy atom. The lowest BCUT2D eigenvalue weighted by atomic mass is 10.1. The monoisotopic (exact) mass is 301 g/mol. The van der Waals surface area contributed by atoms with Crippen molar-refractivity contribution in [2.45, 2.75) is 32.9 Å². The highest BCUT2D eigenvalue weighted by molar-refractivity contribution is 7.17. The molecule has 0 bridgehead atoms. The van der Waals surface area contributed by atoms with E-state index in [-0.39, 0.29) is 6.04 Å². The predicted octanol–water partition coefficient (Wildman–Crippen LogP) is 2.80. The number of aromatic nitrogens is 4. The van der Waals surface area contributed by atoms with Gasteiger partial charge in [0.05, 0.1) is 10.2 Å². The molecule has 3 aromatic rings. The number of nitrogens with zero attached hydrogens (tertiary/aromatic N) is 4. The summed E-state index contributed by atoms with van der Waals surface area (Å²) in [5.41, 5.74) is 2.27. The van der Waals surface area contributed by atoms with Crippen LogP contribution in [0.1, 0.15) is 31.3 Å². The highest BCUT2D eigenvalue weighted by atomic mass is 32.1. The largest absolute Gasteiger partial charge is 0.310 e.